The molecule has 0 unspecified atom stereocenters. The van der Waals surface area contributed by atoms with Crippen molar-refractivity contribution in [2.45, 2.75) is 19.4 Å². The number of aliphatic imine (C=N–C) groups is 1. The molecule has 5 rings (SSSR count). The first-order chi connectivity index (χ1) is 15.1. The van der Waals surface area contributed by atoms with Gasteiger partial charge < -0.3 is 0 Å². The molecule has 2 aromatic carbocycles. The zero-order valence-electron chi connectivity index (χ0n) is 16.8. The number of benzene rings is 2. The van der Waals surface area contributed by atoms with Gasteiger partial charge in [-0.1, -0.05) is 36.4 Å². The molecule has 1 aliphatic rings. The summed E-state index contributed by atoms with van der Waals surface area (Å²) in [6.07, 6.45) is 2.37. The summed E-state index contributed by atoms with van der Waals surface area (Å²) >= 11 is 0. The monoisotopic (exact) mass is 409 g/mol. The first-order valence-corrected chi connectivity index (χ1v) is 9.99. The minimum atomic E-state index is -0.394. The Kier molecular flexibility index (Phi) is 4.63. The summed E-state index contributed by atoms with van der Waals surface area (Å²) in [5, 5.41) is 15.9. The van der Waals surface area contributed by atoms with Gasteiger partial charge in [0.25, 0.3) is 5.69 Å². The van der Waals surface area contributed by atoms with E-state index in [1.165, 1.54) is 12.1 Å². The van der Waals surface area contributed by atoms with Gasteiger partial charge in [-0.2, -0.15) is 5.10 Å². The summed E-state index contributed by atoms with van der Waals surface area (Å²) < 4.78 is 1.95. The number of hydrogen-bond donors (Lipinski definition) is 0. The Balaban J connectivity index is 1.69. The second-order valence-electron chi connectivity index (χ2n) is 7.43. The number of rotatable bonds is 4. The topological polar surface area (TPSA) is 86.2 Å². The van der Waals surface area contributed by atoms with Gasteiger partial charge in [-0.25, -0.2) is 9.67 Å². The lowest BCUT2D eigenvalue weighted by Crippen LogP contribution is -2.22. The Hall–Kier alpha value is -4.13. The van der Waals surface area contributed by atoms with E-state index in [-0.39, 0.29) is 11.7 Å². The molecule has 0 bridgehead atoms. The molecule has 1 atom stereocenters. The molecule has 3 heterocycles. The van der Waals surface area contributed by atoms with Crippen LogP contribution in [0.25, 0.3) is 11.1 Å². The second kappa shape index (κ2) is 7.60. The molecule has 7 heteroatoms. The normalized spacial score (nSPS) is 15.3. The highest BCUT2D eigenvalue weighted by molar-refractivity contribution is 6.04. The Morgan fingerprint density at radius 1 is 0.968 bits per heavy atom. The van der Waals surface area contributed by atoms with Crippen molar-refractivity contribution in [3.05, 3.63) is 106 Å². The third kappa shape index (κ3) is 3.40. The standard InChI is InChI=1S/C24H19N5O2/c1-16-23(18-7-3-2-4-8-18)24-26-21(17-10-12-19(13-11-17)29(30)31)15-22(28(24)27-16)20-9-5-6-14-25-20/h2-14,22H,15H2,1H3/t22-/m0/s1. The van der Waals surface area contributed by atoms with Gasteiger partial charge in [-0.15, -0.1) is 0 Å². The lowest BCUT2D eigenvalue weighted by Gasteiger charge is -2.24. The van der Waals surface area contributed by atoms with Gasteiger partial charge in [0.2, 0.25) is 0 Å². The molecule has 4 aromatic rings. The van der Waals surface area contributed by atoms with E-state index >= 15 is 0 Å². The van der Waals surface area contributed by atoms with Crippen molar-refractivity contribution in [1.82, 2.24) is 14.8 Å². The van der Waals surface area contributed by atoms with Gasteiger partial charge in [0.1, 0.15) is 6.04 Å². The zero-order valence-corrected chi connectivity index (χ0v) is 16.8. The van der Waals surface area contributed by atoms with Crippen LogP contribution in [0.1, 0.15) is 29.4 Å². The van der Waals surface area contributed by atoms with Gasteiger partial charge >= 0.3 is 0 Å². The molecular weight excluding hydrogens is 390 g/mol. The van der Waals surface area contributed by atoms with E-state index in [0.717, 1.165) is 39.6 Å². The molecule has 0 N–H and O–H groups in total. The Labute approximate surface area is 178 Å². The van der Waals surface area contributed by atoms with Crippen LogP contribution in [0.2, 0.25) is 0 Å². The fourth-order valence-corrected chi connectivity index (χ4v) is 4.01. The molecule has 0 aliphatic carbocycles. The number of nitro groups is 1. The lowest BCUT2D eigenvalue weighted by atomic mass is 9.97. The molecular formula is C24H19N5O2. The molecule has 0 fully saturated rings. The van der Waals surface area contributed by atoms with E-state index in [9.17, 15) is 10.1 Å². The highest BCUT2D eigenvalue weighted by atomic mass is 16.6. The highest BCUT2D eigenvalue weighted by Gasteiger charge is 2.30. The van der Waals surface area contributed by atoms with Crippen LogP contribution in [0, 0.1) is 17.0 Å². The Morgan fingerprint density at radius 3 is 2.39 bits per heavy atom. The molecule has 0 spiro atoms. The van der Waals surface area contributed by atoms with Crippen LogP contribution in [-0.2, 0) is 0 Å². The van der Waals surface area contributed by atoms with Crippen LogP contribution >= 0.6 is 0 Å². The van der Waals surface area contributed by atoms with E-state index in [1.807, 2.05) is 48.0 Å². The molecule has 0 radical (unpaired) electrons. The summed E-state index contributed by atoms with van der Waals surface area (Å²) in [7, 11) is 0. The predicted molar refractivity (Wildman–Crippen MR) is 119 cm³/mol. The van der Waals surface area contributed by atoms with Crippen molar-refractivity contribution in [3.8, 4) is 11.1 Å². The van der Waals surface area contributed by atoms with Crippen LogP contribution in [0.15, 0.2) is 84.0 Å². The predicted octanol–water partition coefficient (Wildman–Crippen LogP) is 5.28. The van der Waals surface area contributed by atoms with Gasteiger partial charge in [-0.05, 0) is 42.3 Å². The van der Waals surface area contributed by atoms with Crippen molar-refractivity contribution in [2.24, 2.45) is 4.99 Å². The number of non-ortho nitro benzene ring substituents is 1. The first-order valence-electron chi connectivity index (χ1n) is 9.99. The number of nitro benzene ring substituents is 1. The zero-order chi connectivity index (χ0) is 21.4. The maximum atomic E-state index is 11.0. The third-order valence-corrected chi connectivity index (χ3v) is 5.49. The smallest absolute Gasteiger partial charge is 0.259 e. The quantitative estimate of drug-likeness (QED) is 0.339. The maximum Gasteiger partial charge on any atom is 0.269 e. The van der Waals surface area contributed by atoms with Crippen molar-refractivity contribution in [1.29, 1.82) is 0 Å². The number of aromatic nitrogens is 3. The maximum absolute atomic E-state index is 11.0. The van der Waals surface area contributed by atoms with Crippen molar-refractivity contribution >= 4 is 17.2 Å². The van der Waals surface area contributed by atoms with E-state index < -0.39 is 4.92 Å². The molecule has 1 aliphatic heterocycles. The number of aryl methyl sites for hydroxylation is 1. The van der Waals surface area contributed by atoms with E-state index in [2.05, 4.69) is 17.1 Å². The average molecular weight is 409 g/mol. The first kappa shape index (κ1) is 18.9. The van der Waals surface area contributed by atoms with Crippen LogP contribution in [0.3, 0.4) is 0 Å². The van der Waals surface area contributed by atoms with E-state index in [0.29, 0.717) is 6.42 Å². The Morgan fingerprint density at radius 2 is 1.71 bits per heavy atom. The van der Waals surface area contributed by atoms with Gasteiger partial charge in [0, 0.05) is 30.3 Å². The molecule has 7 nitrogen and oxygen atoms in total. The van der Waals surface area contributed by atoms with Crippen molar-refractivity contribution < 1.29 is 4.92 Å². The summed E-state index contributed by atoms with van der Waals surface area (Å²) in [6.45, 7) is 1.99. The summed E-state index contributed by atoms with van der Waals surface area (Å²) in [4.78, 5) is 20.2. The van der Waals surface area contributed by atoms with Gasteiger partial charge in [0.05, 0.1) is 22.0 Å². The minimum Gasteiger partial charge on any atom is -0.259 e. The Bertz CT molecular complexity index is 1280. The molecule has 0 saturated heterocycles. The highest BCUT2D eigenvalue weighted by Crippen LogP contribution is 2.41. The largest absolute Gasteiger partial charge is 0.269 e. The summed E-state index contributed by atoms with van der Waals surface area (Å²) in [5.41, 5.74) is 5.62. The fourth-order valence-electron chi connectivity index (χ4n) is 4.01. The number of hydrogen-bond acceptors (Lipinski definition) is 5. The van der Waals surface area contributed by atoms with Crippen LogP contribution < -0.4 is 0 Å². The van der Waals surface area contributed by atoms with Gasteiger partial charge in [0.15, 0.2) is 5.82 Å². The fraction of sp³-hybridized carbons (Fsp3) is 0.125. The number of nitrogens with zero attached hydrogens (tertiary/aromatic N) is 5. The SMILES string of the molecule is Cc1nn2c(c1-c1ccccc1)N=C(c1ccc([N+](=O)[O-])cc1)C[C@H]2c1ccccn1. The lowest BCUT2D eigenvalue weighted by molar-refractivity contribution is -0.384. The number of fused-ring (bicyclic) bond motifs is 1. The molecule has 0 saturated carbocycles. The van der Waals surface area contributed by atoms with Crippen LogP contribution in [-0.4, -0.2) is 25.4 Å². The second-order valence-corrected chi connectivity index (χ2v) is 7.43. The molecule has 152 valence electrons. The van der Waals surface area contributed by atoms with E-state index in [4.69, 9.17) is 10.1 Å². The molecule has 2 aromatic heterocycles. The molecule has 31 heavy (non-hydrogen) atoms. The summed E-state index contributed by atoms with van der Waals surface area (Å²) in [6, 6.07) is 22.4. The van der Waals surface area contributed by atoms with Crippen molar-refractivity contribution in [3.63, 3.8) is 0 Å². The number of pyridine rings is 1. The van der Waals surface area contributed by atoms with Crippen LogP contribution in [0.5, 0.6) is 0 Å². The minimum absolute atomic E-state index is 0.0623. The van der Waals surface area contributed by atoms with Crippen LogP contribution in [0.4, 0.5) is 11.5 Å². The van der Waals surface area contributed by atoms with E-state index in [1.54, 1.807) is 18.3 Å². The summed E-state index contributed by atoms with van der Waals surface area (Å²) in [5.74, 6) is 0.777. The van der Waals surface area contributed by atoms with Gasteiger partial charge in [-0.3, -0.25) is 15.1 Å². The third-order valence-electron chi connectivity index (χ3n) is 5.49. The average Bonchev–Trinajstić information content (AvgIpc) is 3.15. The van der Waals surface area contributed by atoms with Crippen molar-refractivity contribution in [2.75, 3.05) is 0 Å². The molecule has 0 amide bonds.